The van der Waals surface area contributed by atoms with Gasteiger partial charge in [-0.15, -0.1) is 0 Å². The SMILES string of the molecule is Cc1cc2oc(=O)cc(COC(=O)c3ccccc3Br)c2cc1C. The molecule has 0 unspecified atom stereocenters. The first-order valence-corrected chi connectivity index (χ1v) is 8.20. The molecule has 0 atom stereocenters. The number of benzene rings is 2. The summed E-state index contributed by atoms with van der Waals surface area (Å²) in [6.07, 6.45) is 0. The molecular weight excluding hydrogens is 372 g/mol. The Hall–Kier alpha value is -2.40. The van der Waals surface area contributed by atoms with Crippen molar-refractivity contribution in [2.24, 2.45) is 0 Å². The average molecular weight is 387 g/mol. The van der Waals surface area contributed by atoms with E-state index in [9.17, 15) is 9.59 Å². The van der Waals surface area contributed by atoms with Crippen LogP contribution < -0.4 is 5.63 Å². The predicted molar refractivity (Wildman–Crippen MR) is 95.2 cm³/mol. The van der Waals surface area contributed by atoms with Crippen molar-refractivity contribution in [3.8, 4) is 0 Å². The number of aryl methyl sites for hydroxylation is 2. The molecule has 0 aliphatic rings. The molecule has 0 aliphatic heterocycles. The number of carbonyl (C=O) groups is 1. The first-order valence-electron chi connectivity index (χ1n) is 7.41. The fourth-order valence-electron chi connectivity index (χ4n) is 2.45. The summed E-state index contributed by atoms with van der Waals surface area (Å²) in [7, 11) is 0. The third-order valence-electron chi connectivity index (χ3n) is 3.90. The zero-order valence-electron chi connectivity index (χ0n) is 13.3. The van der Waals surface area contributed by atoms with Gasteiger partial charge < -0.3 is 9.15 Å². The van der Waals surface area contributed by atoms with Crippen LogP contribution >= 0.6 is 15.9 Å². The van der Waals surface area contributed by atoms with Crippen molar-refractivity contribution in [1.29, 1.82) is 0 Å². The number of esters is 1. The second-order valence-electron chi connectivity index (χ2n) is 5.58. The molecular formula is C19H15BrO4. The van der Waals surface area contributed by atoms with Gasteiger partial charge in [-0.1, -0.05) is 12.1 Å². The molecule has 0 radical (unpaired) electrons. The molecule has 0 spiro atoms. The molecule has 4 nitrogen and oxygen atoms in total. The summed E-state index contributed by atoms with van der Waals surface area (Å²) in [5.74, 6) is -0.451. The summed E-state index contributed by atoms with van der Waals surface area (Å²) in [4.78, 5) is 24.0. The van der Waals surface area contributed by atoms with E-state index in [0.717, 1.165) is 16.5 Å². The van der Waals surface area contributed by atoms with Crippen LogP contribution in [-0.4, -0.2) is 5.97 Å². The van der Waals surface area contributed by atoms with Crippen molar-refractivity contribution in [2.45, 2.75) is 20.5 Å². The van der Waals surface area contributed by atoms with E-state index in [4.69, 9.17) is 9.15 Å². The summed E-state index contributed by atoms with van der Waals surface area (Å²) in [5, 5.41) is 0.776. The fourth-order valence-corrected chi connectivity index (χ4v) is 2.90. The largest absolute Gasteiger partial charge is 0.457 e. The first-order chi connectivity index (χ1) is 11.5. The zero-order chi connectivity index (χ0) is 17.3. The van der Waals surface area contributed by atoms with Crippen LogP contribution in [0.15, 0.2) is 56.1 Å². The average Bonchev–Trinajstić information content (AvgIpc) is 2.54. The lowest BCUT2D eigenvalue weighted by Crippen LogP contribution is -2.08. The molecule has 0 fully saturated rings. The minimum absolute atomic E-state index is 0.00473. The van der Waals surface area contributed by atoms with Gasteiger partial charge in [-0.25, -0.2) is 9.59 Å². The second-order valence-corrected chi connectivity index (χ2v) is 6.43. The third-order valence-corrected chi connectivity index (χ3v) is 4.59. The number of carbonyl (C=O) groups excluding carboxylic acids is 1. The number of rotatable bonds is 3. The van der Waals surface area contributed by atoms with E-state index in [1.54, 1.807) is 18.2 Å². The summed E-state index contributed by atoms with van der Waals surface area (Å²) in [6, 6.07) is 12.2. The normalized spacial score (nSPS) is 10.8. The molecule has 0 N–H and O–H groups in total. The van der Waals surface area contributed by atoms with Crippen LogP contribution in [0, 0.1) is 13.8 Å². The van der Waals surface area contributed by atoms with Gasteiger partial charge in [0.2, 0.25) is 0 Å². The van der Waals surface area contributed by atoms with Gasteiger partial charge in [0, 0.05) is 21.5 Å². The summed E-state index contributed by atoms with van der Waals surface area (Å²) < 4.78 is 11.3. The third kappa shape index (κ3) is 3.26. The Morgan fingerprint density at radius 3 is 2.58 bits per heavy atom. The van der Waals surface area contributed by atoms with Crippen LogP contribution in [0.4, 0.5) is 0 Å². The maximum atomic E-state index is 12.2. The molecule has 1 heterocycles. The molecule has 3 aromatic rings. The van der Waals surface area contributed by atoms with Crippen molar-refractivity contribution >= 4 is 32.9 Å². The first kappa shape index (κ1) is 16.5. The van der Waals surface area contributed by atoms with Crippen molar-refractivity contribution in [3.63, 3.8) is 0 Å². The topological polar surface area (TPSA) is 56.5 Å². The number of halogens is 1. The Morgan fingerprint density at radius 2 is 1.83 bits per heavy atom. The predicted octanol–water partition coefficient (Wildman–Crippen LogP) is 4.53. The quantitative estimate of drug-likeness (QED) is 0.490. The van der Waals surface area contributed by atoms with Crippen LogP contribution in [0.25, 0.3) is 11.0 Å². The van der Waals surface area contributed by atoms with E-state index in [2.05, 4.69) is 15.9 Å². The van der Waals surface area contributed by atoms with Crippen LogP contribution in [0.5, 0.6) is 0 Å². The Kier molecular flexibility index (Phi) is 4.53. The van der Waals surface area contributed by atoms with Crippen molar-refractivity contribution in [2.75, 3.05) is 0 Å². The highest BCUT2D eigenvalue weighted by Gasteiger charge is 2.13. The van der Waals surface area contributed by atoms with E-state index < -0.39 is 11.6 Å². The number of hydrogen-bond acceptors (Lipinski definition) is 4. The van der Waals surface area contributed by atoms with Crippen molar-refractivity contribution in [3.05, 3.63) is 79.6 Å². The van der Waals surface area contributed by atoms with E-state index in [-0.39, 0.29) is 6.61 Å². The number of ether oxygens (including phenoxy) is 1. The Morgan fingerprint density at radius 1 is 1.12 bits per heavy atom. The van der Waals surface area contributed by atoms with Crippen molar-refractivity contribution in [1.82, 2.24) is 0 Å². The van der Waals surface area contributed by atoms with Gasteiger partial charge >= 0.3 is 11.6 Å². The van der Waals surface area contributed by atoms with Gasteiger partial charge in [-0.3, -0.25) is 0 Å². The molecule has 0 bridgehead atoms. The Bertz CT molecular complexity index is 988. The summed E-state index contributed by atoms with van der Waals surface area (Å²) in [5.41, 5.74) is 3.22. The molecule has 0 amide bonds. The van der Waals surface area contributed by atoms with Crippen LogP contribution in [0.2, 0.25) is 0 Å². The molecule has 0 aliphatic carbocycles. The van der Waals surface area contributed by atoms with E-state index in [0.29, 0.717) is 21.2 Å². The molecule has 122 valence electrons. The second kappa shape index (κ2) is 6.61. The Balaban J connectivity index is 1.93. The Labute approximate surface area is 147 Å². The van der Waals surface area contributed by atoms with Gasteiger partial charge in [-0.2, -0.15) is 0 Å². The molecule has 2 aromatic carbocycles. The molecule has 0 saturated carbocycles. The molecule has 5 heteroatoms. The highest BCUT2D eigenvalue weighted by Crippen LogP contribution is 2.23. The highest BCUT2D eigenvalue weighted by atomic mass is 79.9. The monoisotopic (exact) mass is 386 g/mol. The standard InChI is InChI=1S/C19H15BrO4/c1-11-7-15-13(9-18(21)24-17(15)8-12(11)2)10-23-19(22)14-5-3-4-6-16(14)20/h3-9H,10H2,1-2H3. The lowest BCUT2D eigenvalue weighted by molar-refractivity contribution is 0.0472. The fraction of sp³-hybridized carbons (Fsp3) is 0.158. The maximum absolute atomic E-state index is 12.2. The highest BCUT2D eigenvalue weighted by molar-refractivity contribution is 9.10. The minimum atomic E-state index is -0.460. The smallest absolute Gasteiger partial charge is 0.339 e. The molecule has 0 saturated heterocycles. The van der Waals surface area contributed by atoms with Gasteiger partial charge in [0.25, 0.3) is 0 Å². The van der Waals surface area contributed by atoms with E-state index in [1.807, 2.05) is 32.0 Å². The van der Waals surface area contributed by atoms with Crippen molar-refractivity contribution < 1.29 is 13.9 Å². The lowest BCUT2D eigenvalue weighted by atomic mass is 10.0. The minimum Gasteiger partial charge on any atom is -0.457 e. The van der Waals surface area contributed by atoms with Crippen LogP contribution in [0.3, 0.4) is 0 Å². The van der Waals surface area contributed by atoms with Gasteiger partial charge in [0.1, 0.15) is 12.2 Å². The molecule has 24 heavy (non-hydrogen) atoms. The molecule has 3 rings (SSSR count). The maximum Gasteiger partial charge on any atom is 0.339 e. The van der Waals surface area contributed by atoms with Gasteiger partial charge in [0.15, 0.2) is 0 Å². The summed E-state index contributed by atoms with van der Waals surface area (Å²) in [6.45, 7) is 3.94. The lowest BCUT2D eigenvalue weighted by Gasteiger charge is -2.09. The molecule has 1 aromatic heterocycles. The van der Waals surface area contributed by atoms with Crippen LogP contribution in [0.1, 0.15) is 27.0 Å². The van der Waals surface area contributed by atoms with Crippen LogP contribution in [-0.2, 0) is 11.3 Å². The zero-order valence-corrected chi connectivity index (χ0v) is 14.8. The number of fused-ring (bicyclic) bond motifs is 1. The summed E-state index contributed by atoms with van der Waals surface area (Å²) >= 11 is 3.33. The van der Waals surface area contributed by atoms with E-state index in [1.165, 1.54) is 6.07 Å². The van der Waals surface area contributed by atoms with Gasteiger partial charge in [0.05, 0.1) is 5.56 Å². The number of hydrogen-bond donors (Lipinski definition) is 0. The van der Waals surface area contributed by atoms with E-state index >= 15 is 0 Å². The van der Waals surface area contributed by atoms with Gasteiger partial charge in [-0.05, 0) is 65.2 Å².